The molecular weight excluding hydrogens is 438 g/mol. The van der Waals surface area contributed by atoms with E-state index in [0.717, 1.165) is 8.95 Å². The average Bonchev–Trinajstić information content (AvgIpc) is 2.46. The maximum Gasteiger partial charge on any atom is 0.170 e. The Morgan fingerprint density at radius 2 is 1.28 bits per heavy atom. The van der Waals surface area contributed by atoms with Gasteiger partial charge in [-0.25, -0.2) is 0 Å². The molecule has 0 fully saturated rings. The minimum Gasteiger partial charge on any atom is -0.366 e. The van der Waals surface area contributed by atoms with E-state index in [1.165, 1.54) is 4.60 Å². The predicted molar refractivity (Wildman–Crippen MR) is 94.0 cm³/mol. The Morgan fingerprint density at radius 1 is 0.889 bits per heavy atom. The lowest BCUT2D eigenvalue weighted by molar-refractivity contribution is 0.760. The number of hydrogen-bond donors (Lipinski definition) is 0. The van der Waals surface area contributed by atoms with Gasteiger partial charge in [0.1, 0.15) is 0 Å². The number of rotatable bonds is 4. The van der Waals surface area contributed by atoms with Gasteiger partial charge >= 0.3 is 0 Å². The summed E-state index contributed by atoms with van der Waals surface area (Å²) in [5.41, 5.74) is 2.08. The highest BCUT2D eigenvalue weighted by Gasteiger charge is 2.46. The van der Waals surface area contributed by atoms with Gasteiger partial charge in [-0.2, -0.15) is 0 Å². The second-order valence-corrected chi connectivity index (χ2v) is 13.9. The van der Waals surface area contributed by atoms with E-state index in [1.807, 2.05) is 0 Å². The van der Waals surface area contributed by atoms with Crippen LogP contribution < -0.4 is 0 Å². The Labute approximate surface area is 137 Å². The highest BCUT2D eigenvalue weighted by atomic mass is 79.9. The van der Waals surface area contributed by atoms with E-state index in [9.17, 15) is 0 Å². The summed E-state index contributed by atoms with van der Waals surface area (Å²) in [4.78, 5) is 0. The van der Waals surface area contributed by atoms with Crippen molar-refractivity contribution < 1.29 is 0 Å². The minimum atomic E-state index is -1.65. The van der Waals surface area contributed by atoms with Crippen molar-refractivity contribution in [2.24, 2.45) is 0 Å². The van der Waals surface area contributed by atoms with E-state index in [4.69, 9.17) is 0 Å². The van der Waals surface area contributed by atoms with Gasteiger partial charge in [-0.15, -0.1) is 0 Å². The van der Waals surface area contributed by atoms with Crippen LogP contribution in [0.5, 0.6) is 0 Å². The van der Waals surface area contributed by atoms with Crippen molar-refractivity contribution in [3.63, 3.8) is 0 Å². The third-order valence-corrected chi connectivity index (χ3v) is 14.3. The summed E-state index contributed by atoms with van der Waals surface area (Å²) >= 11 is 11.0. The van der Waals surface area contributed by atoms with Gasteiger partial charge in [0, 0.05) is 10.7 Å². The second kappa shape index (κ2) is 6.14. The molecule has 5 heteroatoms. The lowest BCUT2D eigenvalue weighted by Gasteiger charge is -2.44. The first kappa shape index (κ1) is 17.0. The second-order valence-electron chi connectivity index (χ2n) is 5.80. The van der Waals surface area contributed by atoms with Crippen molar-refractivity contribution in [1.29, 1.82) is 0 Å². The topological polar surface area (TPSA) is 4.93 Å². The molecule has 0 aliphatic carbocycles. The fourth-order valence-electron chi connectivity index (χ4n) is 3.55. The van der Waals surface area contributed by atoms with E-state index >= 15 is 0 Å². The van der Waals surface area contributed by atoms with Gasteiger partial charge in [0.15, 0.2) is 8.24 Å². The van der Waals surface area contributed by atoms with Crippen molar-refractivity contribution in [2.75, 3.05) is 0 Å². The van der Waals surface area contributed by atoms with Crippen LogP contribution >= 0.6 is 47.8 Å². The molecule has 104 valence electrons. The first-order valence-electron chi connectivity index (χ1n) is 6.39. The van der Waals surface area contributed by atoms with Gasteiger partial charge in [-0.3, -0.25) is 0 Å². The van der Waals surface area contributed by atoms with Gasteiger partial charge in [0.2, 0.25) is 0 Å². The lowest BCUT2D eigenvalue weighted by Crippen LogP contribution is -2.51. The van der Waals surface area contributed by atoms with E-state index in [2.05, 4.69) is 99.8 Å². The van der Waals surface area contributed by atoms with Gasteiger partial charge in [0.05, 0.1) is 9.08 Å². The zero-order valence-corrected chi connectivity index (χ0v) is 17.6. The molecule has 18 heavy (non-hydrogen) atoms. The molecule has 0 N–H and O–H groups in total. The quantitative estimate of drug-likeness (QED) is 0.436. The Bertz CT molecular complexity index is 402. The molecule has 1 aromatic heterocycles. The van der Waals surface area contributed by atoms with Crippen LogP contribution in [0.25, 0.3) is 0 Å². The largest absolute Gasteiger partial charge is 0.366 e. The predicted octanol–water partition coefficient (Wildman–Crippen LogP) is 6.80. The molecule has 0 amide bonds. The molecule has 0 bridgehead atoms. The van der Waals surface area contributed by atoms with Gasteiger partial charge in [-0.05, 0) is 64.4 Å². The molecular formula is C13H22Br3NSi. The van der Waals surface area contributed by atoms with Crippen LogP contribution in [-0.2, 0) is 0 Å². The van der Waals surface area contributed by atoms with Gasteiger partial charge < -0.3 is 4.23 Å². The Hall–Kier alpha value is 0.937. The smallest absolute Gasteiger partial charge is 0.170 e. The monoisotopic (exact) mass is 457 g/mol. The summed E-state index contributed by atoms with van der Waals surface area (Å²) in [6, 6.07) is 0. The molecule has 0 radical (unpaired) electrons. The van der Waals surface area contributed by atoms with E-state index < -0.39 is 8.24 Å². The molecule has 0 atom stereocenters. The van der Waals surface area contributed by atoms with Gasteiger partial charge in [0.25, 0.3) is 0 Å². The maximum absolute atomic E-state index is 3.76. The molecule has 1 rings (SSSR count). The fourth-order valence-corrected chi connectivity index (χ4v) is 12.6. The molecule has 0 aliphatic heterocycles. The van der Waals surface area contributed by atoms with E-state index in [-0.39, 0.29) is 0 Å². The molecule has 1 nitrogen and oxygen atoms in total. The van der Waals surface area contributed by atoms with Crippen molar-refractivity contribution in [2.45, 2.75) is 58.2 Å². The van der Waals surface area contributed by atoms with Crippen LogP contribution in [0.3, 0.4) is 0 Å². The minimum absolute atomic E-state index is 0.694. The maximum atomic E-state index is 3.76. The van der Waals surface area contributed by atoms with Crippen LogP contribution in [0.15, 0.2) is 19.7 Å². The highest BCUT2D eigenvalue weighted by molar-refractivity contribution is 9.14. The first-order valence-corrected chi connectivity index (χ1v) is 10.9. The molecule has 1 aromatic rings. The summed E-state index contributed by atoms with van der Waals surface area (Å²) < 4.78 is 5.97. The molecule has 0 saturated carbocycles. The zero-order chi connectivity index (χ0) is 14.2. The zero-order valence-electron chi connectivity index (χ0n) is 11.9. The van der Waals surface area contributed by atoms with Crippen LogP contribution in [0.4, 0.5) is 0 Å². The summed E-state index contributed by atoms with van der Waals surface area (Å²) in [5.74, 6) is 0. The molecule has 0 spiro atoms. The van der Waals surface area contributed by atoms with E-state index in [0.29, 0.717) is 16.6 Å². The normalized spacial score (nSPS) is 13.1. The SMILES string of the molecule is CC(C)[Si](C(C)C)(C(C)C)n1cc(Br)c(Br)c1Br. The standard InChI is InChI=1S/C13H22Br3NSi/c1-8(2)18(9(3)4,10(5)6)17-7-11(14)12(15)13(17)16/h7-10H,1-6H3. The van der Waals surface area contributed by atoms with Crippen LogP contribution in [0.2, 0.25) is 16.6 Å². The Kier molecular flexibility index (Phi) is 5.80. The summed E-state index contributed by atoms with van der Waals surface area (Å²) in [6.45, 7) is 14.3. The van der Waals surface area contributed by atoms with Crippen molar-refractivity contribution in [3.8, 4) is 0 Å². The fraction of sp³-hybridized carbons (Fsp3) is 0.692. The summed E-state index contributed by atoms with van der Waals surface area (Å²) in [7, 11) is -1.65. The van der Waals surface area contributed by atoms with Crippen molar-refractivity contribution in [1.82, 2.24) is 4.23 Å². The van der Waals surface area contributed by atoms with E-state index in [1.54, 1.807) is 0 Å². The number of hydrogen-bond acceptors (Lipinski definition) is 0. The molecule has 0 aliphatic rings. The van der Waals surface area contributed by atoms with Crippen molar-refractivity contribution in [3.05, 3.63) is 19.7 Å². The van der Waals surface area contributed by atoms with Crippen LogP contribution in [0, 0.1) is 0 Å². The summed E-state index contributed by atoms with van der Waals surface area (Å²) in [6.07, 6.45) is 2.25. The first-order chi connectivity index (χ1) is 8.17. The summed E-state index contributed by atoms with van der Waals surface area (Å²) in [5, 5.41) is 0. The highest BCUT2D eigenvalue weighted by Crippen LogP contribution is 2.46. The molecule has 0 aromatic carbocycles. The third-order valence-electron chi connectivity index (χ3n) is 4.04. The Balaban J connectivity index is 3.57. The molecule has 0 saturated heterocycles. The lowest BCUT2D eigenvalue weighted by atomic mass is 10.5. The Morgan fingerprint density at radius 3 is 1.50 bits per heavy atom. The van der Waals surface area contributed by atoms with Gasteiger partial charge in [-0.1, -0.05) is 41.5 Å². The third kappa shape index (κ3) is 2.57. The average molecular weight is 460 g/mol. The number of halogens is 3. The number of nitrogens with zero attached hydrogens (tertiary/aromatic N) is 1. The van der Waals surface area contributed by atoms with Crippen molar-refractivity contribution >= 4 is 56.0 Å². The molecule has 1 heterocycles. The molecule has 0 unspecified atom stereocenters. The van der Waals surface area contributed by atoms with Crippen LogP contribution in [-0.4, -0.2) is 12.5 Å². The van der Waals surface area contributed by atoms with Crippen LogP contribution in [0.1, 0.15) is 41.5 Å². The number of aromatic nitrogens is 1.